The molecule has 4 aliphatic carbocycles. The third-order valence-electron chi connectivity index (χ3n) is 14.8. The fourth-order valence-electron chi connectivity index (χ4n) is 11.4. The van der Waals surface area contributed by atoms with Crippen LogP contribution in [0.4, 0.5) is 22.7 Å². The van der Waals surface area contributed by atoms with E-state index < -0.39 is 0 Å². The Morgan fingerprint density at radius 3 is 2.26 bits per heavy atom. The first-order chi connectivity index (χ1) is 32.2. The maximum atomic E-state index is 7.98. The molecule has 4 heteroatoms. The molecule has 1 heterocycles. The van der Waals surface area contributed by atoms with Crippen LogP contribution in [0.1, 0.15) is 78.5 Å². The van der Waals surface area contributed by atoms with Gasteiger partial charge in [-0.1, -0.05) is 151 Å². The Morgan fingerprint density at radius 1 is 0.667 bits per heavy atom. The summed E-state index contributed by atoms with van der Waals surface area (Å²) in [5.74, 6) is 0.283. The number of allylic oxidation sites excluding steroid dienone is 12. The Morgan fingerprint density at radius 2 is 1.44 bits per heavy atom. The van der Waals surface area contributed by atoms with Crippen LogP contribution in [-0.2, 0) is 12.8 Å². The fraction of sp³-hybridized carbons (Fsp3) is 0.194. The molecule has 1 aliphatic heterocycles. The van der Waals surface area contributed by atoms with Crippen LogP contribution in [0, 0.1) is 19.8 Å². The lowest BCUT2D eigenvalue weighted by atomic mass is 9.79. The van der Waals surface area contributed by atoms with Crippen molar-refractivity contribution >= 4 is 65.4 Å². The van der Waals surface area contributed by atoms with Gasteiger partial charge in [0.2, 0.25) is 0 Å². The molecule has 4 bridgehead atoms. The first kappa shape index (κ1) is 42.2. The number of thiol groups is 1. The molecule has 2 unspecified atom stereocenters. The molecule has 2 nitrogen and oxygen atoms in total. The fourth-order valence-corrected chi connectivity index (χ4v) is 11.6. The predicted molar refractivity (Wildman–Crippen MR) is 286 cm³/mol. The van der Waals surface area contributed by atoms with E-state index in [-0.39, 0.29) is 12.0 Å². The number of rotatable bonds is 6. The van der Waals surface area contributed by atoms with Gasteiger partial charge < -0.3 is 9.80 Å². The summed E-state index contributed by atoms with van der Waals surface area (Å²) in [4.78, 5) is 6.10. The first-order valence-electron chi connectivity index (χ1n) is 23.8. The first-order valence-corrected chi connectivity index (χ1v) is 24.2. The van der Waals surface area contributed by atoms with Crippen molar-refractivity contribution in [3.05, 3.63) is 220 Å². The normalized spacial score (nSPS) is 19.5. The molecule has 0 amide bonds. The van der Waals surface area contributed by atoms with Gasteiger partial charge in [0.1, 0.15) is 7.85 Å². The molecular formula is C62H55BN2S. The zero-order valence-electron chi connectivity index (χ0n) is 38.5. The average Bonchev–Trinajstić information content (AvgIpc) is 3.72. The Hall–Kier alpha value is -6.49. The molecule has 5 aliphatic rings. The number of hydrogen-bond acceptors (Lipinski definition) is 3. The van der Waals surface area contributed by atoms with Gasteiger partial charge in [0.15, 0.2) is 0 Å². The number of benzene rings is 6. The molecule has 322 valence electrons. The lowest BCUT2D eigenvalue weighted by molar-refractivity contribution is 0.584. The van der Waals surface area contributed by atoms with E-state index in [0.717, 1.165) is 88.2 Å². The van der Waals surface area contributed by atoms with Crippen molar-refractivity contribution in [1.29, 1.82) is 0 Å². The quantitative estimate of drug-likeness (QED) is 0.132. The number of nitrogens with zero attached hydrogens (tertiary/aromatic N) is 2. The minimum absolute atomic E-state index is 0.110. The van der Waals surface area contributed by atoms with Crippen molar-refractivity contribution < 1.29 is 0 Å². The predicted octanol–water partition coefficient (Wildman–Crippen LogP) is 15.5. The molecule has 0 saturated carbocycles. The molecule has 0 aromatic heterocycles. The van der Waals surface area contributed by atoms with Crippen LogP contribution < -0.4 is 15.3 Å². The highest BCUT2D eigenvalue weighted by molar-refractivity contribution is 7.80. The van der Waals surface area contributed by atoms with Crippen LogP contribution in [0.3, 0.4) is 0 Å². The van der Waals surface area contributed by atoms with Gasteiger partial charge in [-0.05, 0) is 162 Å². The van der Waals surface area contributed by atoms with Crippen LogP contribution in [0.2, 0.25) is 0 Å². The van der Waals surface area contributed by atoms with E-state index in [1.54, 1.807) is 0 Å². The van der Waals surface area contributed by atoms with E-state index in [2.05, 4.69) is 207 Å². The van der Waals surface area contributed by atoms with Gasteiger partial charge in [0, 0.05) is 39.5 Å². The van der Waals surface area contributed by atoms with Crippen molar-refractivity contribution in [3.8, 4) is 22.3 Å². The summed E-state index contributed by atoms with van der Waals surface area (Å²) < 4.78 is 0. The van der Waals surface area contributed by atoms with E-state index in [1.807, 2.05) is 0 Å². The maximum Gasteiger partial charge on any atom is 0.117 e. The smallest absolute Gasteiger partial charge is 0.117 e. The second-order valence-electron chi connectivity index (χ2n) is 18.8. The molecule has 0 fully saturated rings. The minimum Gasteiger partial charge on any atom is -0.338 e. The minimum atomic E-state index is 0.110. The van der Waals surface area contributed by atoms with Crippen LogP contribution >= 0.6 is 12.6 Å². The molecule has 0 saturated heterocycles. The van der Waals surface area contributed by atoms with E-state index in [9.17, 15) is 0 Å². The van der Waals surface area contributed by atoms with E-state index in [0.29, 0.717) is 0 Å². The molecule has 2 radical (unpaired) electrons. The summed E-state index contributed by atoms with van der Waals surface area (Å²) in [5, 5.41) is 0. The van der Waals surface area contributed by atoms with E-state index in [4.69, 9.17) is 20.5 Å². The van der Waals surface area contributed by atoms with Crippen molar-refractivity contribution in [2.45, 2.75) is 77.2 Å². The van der Waals surface area contributed by atoms with Crippen molar-refractivity contribution in [3.63, 3.8) is 0 Å². The molecule has 6 aromatic rings. The zero-order chi connectivity index (χ0) is 45.1. The summed E-state index contributed by atoms with van der Waals surface area (Å²) in [6.45, 7) is 9.24. The Kier molecular flexibility index (Phi) is 11.1. The largest absolute Gasteiger partial charge is 0.338 e. The third-order valence-corrected chi connectivity index (χ3v) is 15.1. The van der Waals surface area contributed by atoms with Gasteiger partial charge >= 0.3 is 0 Å². The van der Waals surface area contributed by atoms with Gasteiger partial charge in [-0.3, -0.25) is 0 Å². The highest BCUT2D eigenvalue weighted by Crippen LogP contribution is 2.53. The molecule has 66 heavy (non-hydrogen) atoms. The van der Waals surface area contributed by atoms with Crippen LogP contribution in [0.15, 0.2) is 186 Å². The monoisotopic (exact) mass is 870 g/mol. The Bertz CT molecular complexity index is 3170. The SMILES string of the molecule is [B]c1c2cc(N(C3=CC=CCC3)C3C=CC=CC3C)cc1N(c1ccc(S)cc1-c1ccccc1)c1c(ccc3c1C1=C(CCC=C1)C3)C/C(c1ccccc1C)=C(/C)c1cccc-2c1C. The van der Waals surface area contributed by atoms with Crippen molar-refractivity contribution in [2.24, 2.45) is 5.92 Å². The summed E-state index contributed by atoms with van der Waals surface area (Å²) in [7, 11) is 7.98. The number of aryl methyl sites for hydroxylation is 1. The second-order valence-corrected chi connectivity index (χ2v) is 19.3. The average molecular weight is 871 g/mol. The van der Waals surface area contributed by atoms with Gasteiger partial charge in [-0.2, -0.15) is 0 Å². The Labute approximate surface area is 398 Å². The molecule has 11 rings (SSSR count). The molecule has 0 N–H and O–H groups in total. The standard InChI is InChI=1S/C62H55BN2S/c1-39-18-11-14-25-50(39)54-35-46-31-30-45-34-44-22-13-15-26-53(44)60(45)62(46)65(58-33-32-49(66)38-55(58)43-20-7-5-8-21-43)59-37-48(36-56(61(59)63)52-28-17-27-51(41(52)3)42(54)4)64(47-23-9-6-10-24-47)57-29-16-12-19-40(57)2/h5-9,11-12,14-21,23,25-33,36-38,40,57,66H,10,13,22,24,34-35H2,1-4H3/b54-42+. The third kappa shape index (κ3) is 7.31. The lowest BCUT2D eigenvalue weighted by Gasteiger charge is -2.40. The molecular weight excluding hydrogens is 816 g/mol. The van der Waals surface area contributed by atoms with E-state index in [1.165, 1.54) is 72.6 Å². The zero-order valence-corrected chi connectivity index (χ0v) is 39.4. The second kappa shape index (κ2) is 17.4. The summed E-state index contributed by atoms with van der Waals surface area (Å²) in [6, 6.07) is 43.0. The topological polar surface area (TPSA) is 6.48 Å². The van der Waals surface area contributed by atoms with Gasteiger partial charge in [-0.25, -0.2) is 0 Å². The van der Waals surface area contributed by atoms with Gasteiger partial charge in [0.05, 0.1) is 17.4 Å². The highest BCUT2D eigenvalue weighted by atomic mass is 32.1. The van der Waals surface area contributed by atoms with Crippen molar-refractivity contribution in [2.75, 3.05) is 9.80 Å². The number of anilines is 4. The van der Waals surface area contributed by atoms with Gasteiger partial charge in [-0.15, -0.1) is 12.6 Å². The molecule has 6 aromatic carbocycles. The highest BCUT2D eigenvalue weighted by Gasteiger charge is 2.34. The van der Waals surface area contributed by atoms with Crippen LogP contribution in [0.5, 0.6) is 0 Å². The summed E-state index contributed by atoms with van der Waals surface area (Å²) in [5.41, 5.74) is 25.3. The van der Waals surface area contributed by atoms with Crippen molar-refractivity contribution in [1.82, 2.24) is 0 Å². The lowest BCUT2D eigenvalue weighted by Crippen LogP contribution is -2.39. The summed E-state index contributed by atoms with van der Waals surface area (Å²) >= 11 is 5.02. The number of hydrogen-bond donors (Lipinski definition) is 1. The Balaban J connectivity index is 1.32. The van der Waals surface area contributed by atoms with Crippen LogP contribution in [0.25, 0.3) is 39.0 Å². The van der Waals surface area contributed by atoms with Crippen LogP contribution in [-0.4, -0.2) is 13.9 Å². The molecule has 0 spiro atoms. The number of fused-ring (bicyclic) bond motifs is 9. The van der Waals surface area contributed by atoms with Gasteiger partial charge in [0.25, 0.3) is 0 Å². The van der Waals surface area contributed by atoms with E-state index >= 15 is 0 Å². The maximum absolute atomic E-state index is 7.98. The summed E-state index contributed by atoms with van der Waals surface area (Å²) in [6.07, 6.45) is 26.6. The molecule has 2 atom stereocenters.